The van der Waals surface area contributed by atoms with Crippen molar-refractivity contribution < 1.29 is 19.0 Å². The largest absolute Gasteiger partial charge is 0.493 e. The van der Waals surface area contributed by atoms with Crippen molar-refractivity contribution in [3.05, 3.63) is 23.5 Å². The minimum atomic E-state index is -0.316. The van der Waals surface area contributed by atoms with Gasteiger partial charge in [0.15, 0.2) is 17.3 Å². The van der Waals surface area contributed by atoms with E-state index in [0.29, 0.717) is 49.0 Å². The molecular weight excluding hydrogens is 400 g/mol. The Bertz CT molecular complexity index is 890. The summed E-state index contributed by atoms with van der Waals surface area (Å²) in [5, 5.41) is 12.6. The highest BCUT2D eigenvalue weighted by Gasteiger charge is 2.35. The summed E-state index contributed by atoms with van der Waals surface area (Å²) in [4.78, 5) is 13.9. The van der Waals surface area contributed by atoms with Crippen LogP contribution in [0.1, 0.15) is 51.0 Å². The smallest absolute Gasteiger partial charge is 0.220 e. The number of benzene rings is 1. The van der Waals surface area contributed by atoms with Gasteiger partial charge in [-0.2, -0.15) is 0 Å². The first-order valence-corrected chi connectivity index (χ1v) is 10.3. The lowest BCUT2D eigenvalue weighted by Gasteiger charge is -2.37. The van der Waals surface area contributed by atoms with E-state index in [4.69, 9.17) is 19.9 Å². The number of carbonyl (C=O) groups is 1. The second-order valence-electron chi connectivity index (χ2n) is 8.69. The molecule has 1 fully saturated rings. The van der Waals surface area contributed by atoms with Gasteiger partial charge < -0.3 is 19.9 Å². The third-order valence-corrected chi connectivity index (χ3v) is 5.67. The fourth-order valence-corrected chi connectivity index (χ4v) is 4.07. The van der Waals surface area contributed by atoms with Gasteiger partial charge >= 0.3 is 0 Å². The fraction of sp³-hybridized carbons (Fsp3) is 0.619. The maximum Gasteiger partial charge on any atom is 0.220 e. The van der Waals surface area contributed by atoms with E-state index in [1.807, 2.05) is 16.8 Å². The Kier molecular flexibility index (Phi) is 6.68. The van der Waals surface area contributed by atoms with Gasteiger partial charge in [0.25, 0.3) is 0 Å². The molecule has 0 unspecified atom stereocenters. The van der Waals surface area contributed by atoms with Crippen LogP contribution in [0.5, 0.6) is 17.2 Å². The van der Waals surface area contributed by atoms with Gasteiger partial charge in [-0.05, 0) is 74.8 Å². The van der Waals surface area contributed by atoms with Crippen LogP contribution in [0.15, 0.2) is 12.1 Å². The zero-order valence-electron chi connectivity index (χ0n) is 19.1. The number of primary amides is 1. The number of tetrazole rings is 1. The standard InChI is InChI=1S/C21H32N6O4/c1-21(2,3)27-20(23-24-25-27)17(26-9-7-13(8-10-26)19(22)28)14-11-15(29-4)18(31-6)16(12-14)30-5/h11-13,17H,7-10H2,1-6H3,(H2,22,28)/t17-/m0/s1. The highest BCUT2D eigenvalue weighted by Crippen LogP contribution is 2.42. The van der Waals surface area contributed by atoms with Gasteiger partial charge in [0.05, 0.1) is 32.9 Å². The number of piperidine rings is 1. The third kappa shape index (κ3) is 4.58. The van der Waals surface area contributed by atoms with Gasteiger partial charge in [0.1, 0.15) is 0 Å². The number of nitrogens with zero attached hydrogens (tertiary/aromatic N) is 5. The van der Waals surface area contributed by atoms with Crippen LogP contribution in [0.2, 0.25) is 0 Å². The van der Waals surface area contributed by atoms with Gasteiger partial charge in [-0.1, -0.05) is 0 Å². The molecule has 0 saturated carbocycles. The summed E-state index contributed by atoms with van der Waals surface area (Å²) in [6.45, 7) is 7.53. The van der Waals surface area contributed by atoms with Crippen molar-refractivity contribution >= 4 is 5.91 Å². The Labute approximate surface area is 182 Å². The van der Waals surface area contributed by atoms with Crippen molar-refractivity contribution in [2.75, 3.05) is 34.4 Å². The summed E-state index contributed by atoms with van der Waals surface area (Å²) < 4.78 is 18.5. The molecule has 1 saturated heterocycles. The maximum absolute atomic E-state index is 11.7. The van der Waals surface area contributed by atoms with Crippen molar-refractivity contribution in [3.63, 3.8) is 0 Å². The normalized spacial score (nSPS) is 16.7. The van der Waals surface area contributed by atoms with Crippen LogP contribution in [-0.2, 0) is 10.3 Å². The fourth-order valence-electron chi connectivity index (χ4n) is 4.07. The monoisotopic (exact) mass is 432 g/mol. The van der Waals surface area contributed by atoms with Crippen LogP contribution in [0.4, 0.5) is 0 Å². The summed E-state index contributed by atoms with van der Waals surface area (Å²) in [7, 11) is 4.76. The number of ether oxygens (including phenoxy) is 3. The molecule has 1 atom stereocenters. The topological polar surface area (TPSA) is 118 Å². The molecule has 0 bridgehead atoms. The molecule has 1 amide bonds. The molecule has 0 radical (unpaired) electrons. The minimum Gasteiger partial charge on any atom is -0.493 e. The molecule has 1 aliphatic heterocycles. The lowest BCUT2D eigenvalue weighted by Crippen LogP contribution is -2.42. The number of methoxy groups -OCH3 is 3. The summed E-state index contributed by atoms with van der Waals surface area (Å²) in [6, 6.07) is 3.58. The summed E-state index contributed by atoms with van der Waals surface area (Å²) in [5.41, 5.74) is 6.14. The van der Waals surface area contributed by atoms with Gasteiger partial charge in [-0.3, -0.25) is 9.69 Å². The maximum atomic E-state index is 11.7. The van der Waals surface area contributed by atoms with Crippen molar-refractivity contribution in [2.24, 2.45) is 11.7 Å². The average Bonchev–Trinajstić information content (AvgIpc) is 3.23. The predicted octanol–water partition coefficient (Wildman–Crippen LogP) is 1.74. The van der Waals surface area contributed by atoms with Crippen LogP contribution < -0.4 is 19.9 Å². The van der Waals surface area contributed by atoms with E-state index in [9.17, 15) is 4.79 Å². The molecule has 1 aliphatic rings. The van der Waals surface area contributed by atoms with Gasteiger partial charge in [0, 0.05) is 5.92 Å². The zero-order chi connectivity index (χ0) is 22.8. The van der Waals surface area contributed by atoms with Crippen LogP contribution >= 0.6 is 0 Å². The van der Waals surface area contributed by atoms with Crippen molar-refractivity contribution in [2.45, 2.75) is 45.2 Å². The average molecular weight is 433 g/mol. The molecule has 2 heterocycles. The summed E-state index contributed by atoms with van der Waals surface area (Å²) in [5.74, 6) is 1.99. The molecule has 1 aromatic carbocycles. The van der Waals surface area contributed by atoms with E-state index >= 15 is 0 Å². The molecule has 10 heteroatoms. The molecule has 1 aromatic heterocycles. The van der Waals surface area contributed by atoms with Gasteiger partial charge in [0.2, 0.25) is 11.7 Å². The van der Waals surface area contributed by atoms with Crippen molar-refractivity contribution in [1.29, 1.82) is 0 Å². The molecule has 2 N–H and O–H groups in total. The highest BCUT2D eigenvalue weighted by molar-refractivity contribution is 5.76. The SMILES string of the molecule is COc1cc([C@@H](c2nnnn2C(C)(C)C)N2CCC(C(N)=O)CC2)cc(OC)c1OC. The molecule has 0 aliphatic carbocycles. The van der Waals surface area contributed by atoms with E-state index in [1.54, 1.807) is 21.3 Å². The quantitative estimate of drug-likeness (QED) is 0.703. The third-order valence-electron chi connectivity index (χ3n) is 5.67. The molecule has 3 rings (SSSR count). The van der Waals surface area contributed by atoms with Crippen molar-refractivity contribution in [1.82, 2.24) is 25.1 Å². The van der Waals surface area contributed by atoms with Crippen LogP contribution in [0, 0.1) is 5.92 Å². The molecule has 10 nitrogen and oxygen atoms in total. The first-order chi connectivity index (χ1) is 14.7. The van der Waals surface area contributed by atoms with E-state index in [0.717, 1.165) is 5.56 Å². The number of carbonyl (C=O) groups excluding carboxylic acids is 1. The molecule has 31 heavy (non-hydrogen) atoms. The number of aromatic nitrogens is 4. The number of nitrogens with two attached hydrogens (primary N) is 1. The number of hydrogen-bond acceptors (Lipinski definition) is 8. The number of amides is 1. The Morgan fingerprint density at radius 3 is 2.13 bits per heavy atom. The second-order valence-corrected chi connectivity index (χ2v) is 8.69. The molecule has 170 valence electrons. The first kappa shape index (κ1) is 22.8. The second kappa shape index (κ2) is 9.09. The van der Waals surface area contributed by atoms with Gasteiger partial charge in [-0.25, -0.2) is 4.68 Å². The highest BCUT2D eigenvalue weighted by atomic mass is 16.5. The first-order valence-electron chi connectivity index (χ1n) is 10.3. The lowest BCUT2D eigenvalue weighted by molar-refractivity contribution is -0.123. The van der Waals surface area contributed by atoms with Crippen LogP contribution in [-0.4, -0.2) is 65.4 Å². The number of rotatable bonds is 7. The van der Waals surface area contributed by atoms with Crippen LogP contribution in [0.3, 0.4) is 0 Å². The lowest BCUT2D eigenvalue weighted by atomic mass is 9.93. The molecular formula is C21H32N6O4. The zero-order valence-corrected chi connectivity index (χ0v) is 19.1. The Morgan fingerprint density at radius 1 is 1.10 bits per heavy atom. The van der Waals surface area contributed by atoms with E-state index < -0.39 is 0 Å². The van der Waals surface area contributed by atoms with E-state index in [1.165, 1.54) is 0 Å². The van der Waals surface area contributed by atoms with Crippen LogP contribution in [0.25, 0.3) is 0 Å². The Hall–Kier alpha value is -2.88. The Balaban J connectivity index is 2.12. The number of hydrogen-bond donors (Lipinski definition) is 1. The molecule has 2 aromatic rings. The molecule has 0 spiro atoms. The Morgan fingerprint density at radius 2 is 1.68 bits per heavy atom. The predicted molar refractivity (Wildman–Crippen MR) is 114 cm³/mol. The van der Waals surface area contributed by atoms with Gasteiger partial charge in [-0.15, -0.1) is 5.10 Å². The number of likely N-dealkylation sites (tertiary alicyclic amines) is 1. The minimum absolute atomic E-state index is 0.115. The van der Waals surface area contributed by atoms with E-state index in [2.05, 4.69) is 41.2 Å². The van der Waals surface area contributed by atoms with E-state index in [-0.39, 0.29) is 23.4 Å². The summed E-state index contributed by atoms with van der Waals surface area (Å²) in [6.07, 6.45) is 1.38. The van der Waals surface area contributed by atoms with Crippen molar-refractivity contribution in [3.8, 4) is 17.2 Å². The summed E-state index contributed by atoms with van der Waals surface area (Å²) >= 11 is 0.